The first kappa shape index (κ1) is 16.9. The maximum atomic E-state index is 11.2. The predicted molar refractivity (Wildman–Crippen MR) is 66.6 cm³/mol. The molecule has 1 aliphatic rings. The number of rotatable bonds is 4. The molecular weight excluding hydrogens is 282 g/mol. The fraction of sp³-hybridized carbons (Fsp3) is 0.692. The normalized spacial score (nSPS) is 28.1. The Morgan fingerprint density at radius 3 is 2.24 bits per heavy atom. The first-order chi connectivity index (χ1) is 9.83. The van der Waals surface area contributed by atoms with Gasteiger partial charge in [0.05, 0.1) is 6.07 Å². The highest BCUT2D eigenvalue weighted by Gasteiger charge is 2.43. The van der Waals surface area contributed by atoms with Crippen LogP contribution in [0.3, 0.4) is 0 Å². The number of carbonyl (C=O) groups excluding carboxylic acids is 3. The summed E-state index contributed by atoms with van der Waals surface area (Å²) in [6, 6.07) is 1.90. The third-order valence-electron chi connectivity index (χ3n) is 2.73. The number of carbonyl (C=O) groups is 3. The van der Waals surface area contributed by atoms with Crippen LogP contribution in [-0.4, -0.2) is 48.9 Å². The minimum absolute atomic E-state index is 0.0740. The van der Waals surface area contributed by atoms with E-state index in [1.165, 1.54) is 20.8 Å². The van der Waals surface area contributed by atoms with E-state index in [0.29, 0.717) is 0 Å². The van der Waals surface area contributed by atoms with E-state index in [0.717, 1.165) is 0 Å². The van der Waals surface area contributed by atoms with E-state index in [2.05, 4.69) is 0 Å². The average molecular weight is 299 g/mol. The van der Waals surface area contributed by atoms with Gasteiger partial charge in [0.2, 0.25) is 0 Å². The fourth-order valence-electron chi connectivity index (χ4n) is 2.02. The Morgan fingerprint density at radius 2 is 1.76 bits per heavy atom. The molecule has 8 nitrogen and oxygen atoms in total. The van der Waals surface area contributed by atoms with Crippen LogP contribution in [0.2, 0.25) is 0 Å². The van der Waals surface area contributed by atoms with Gasteiger partial charge >= 0.3 is 17.9 Å². The first-order valence-corrected chi connectivity index (χ1v) is 6.36. The van der Waals surface area contributed by atoms with Gasteiger partial charge in [0.15, 0.2) is 6.10 Å². The second kappa shape index (κ2) is 7.59. The number of nitrogens with zero attached hydrogens (tertiary/aromatic N) is 1. The highest BCUT2D eigenvalue weighted by Crippen LogP contribution is 2.26. The van der Waals surface area contributed by atoms with Crippen molar-refractivity contribution >= 4 is 17.9 Å². The molecule has 0 radical (unpaired) electrons. The zero-order valence-corrected chi connectivity index (χ0v) is 12.0. The molecule has 1 rings (SSSR count). The van der Waals surface area contributed by atoms with Crippen molar-refractivity contribution in [1.82, 2.24) is 0 Å². The molecule has 116 valence electrons. The number of hydrogen-bond donors (Lipinski definition) is 0. The minimum atomic E-state index is -0.935. The molecular formula is C13H17NO7. The van der Waals surface area contributed by atoms with Crippen LogP contribution >= 0.6 is 0 Å². The molecule has 0 aromatic carbocycles. The number of hydrogen-bond acceptors (Lipinski definition) is 8. The minimum Gasteiger partial charge on any atom is -0.463 e. The van der Waals surface area contributed by atoms with E-state index in [1.807, 2.05) is 6.07 Å². The molecule has 1 aliphatic heterocycles. The largest absolute Gasteiger partial charge is 0.463 e. The summed E-state index contributed by atoms with van der Waals surface area (Å²) in [6.07, 6.45) is -3.41. The molecule has 1 fully saturated rings. The maximum absolute atomic E-state index is 11.2. The molecule has 0 unspecified atom stereocenters. The van der Waals surface area contributed by atoms with Crippen LogP contribution in [0.1, 0.15) is 27.2 Å². The van der Waals surface area contributed by atoms with Crippen molar-refractivity contribution in [3.8, 4) is 6.07 Å². The van der Waals surface area contributed by atoms with Gasteiger partial charge in [0, 0.05) is 27.2 Å². The molecule has 21 heavy (non-hydrogen) atoms. The van der Waals surface area contributed by atoms with Crippen LogP contribution in [0.15, 0.2) is 0 Å². The average Bonchev–Trinajstić information content (AvgIpc) is 2.37. The van der Waals surface area contributed by atoms with Crippen LogP contribution in [0.5, 0.6) is 0 Å². The molecule has 0 amide bonds. The summed E-state index contributed by atoms with van der Waals surface area (Å²) in [5, 5.41) is 8.98. The Balaban J connectivity index is 2.90. The lowest BCUT2D eigenvalue weighted by Gasteiger charge is -2.38. The summed E-state index contributed by atoms with van der Waals surface area (Å²) in [6.45, 7) is 3.42. The monoisotopic (exact) mass is 299 g/mol. The lowest BCUT2D eigenvalue weighted by atomic mass is 9.98. The number of nitriles is 1. The van der Waals surface area contributed by atoms with Crippen molar-refractivity contribution in [2.75, 3.05) is 6.61 Å². The smallest absolute Gasteiger partial charge is 0.303 e. The molecule has 4 atom stereocenters. The quantitative estimate of drug-likeness (QED) is 0.530. The van der Waals surface area contributed by atoms with Crippen molar-refractivity contribution in [2.45, 2.75) is 51.6 Å². The molecule has 0 saturated carbocycles. The third-order valence-corrected chi connectivity index (χ3v) is 2.73. The second-order valence-electron chi connectivity index (χ2n) is 4.55. The molecule has 8 heteroatoms. The van der Waals surface area contributed by atoms with Gasteiger partial charge in [0.25, 0.3) is 0 Å². The Bertz CT molecular complexity index is 456. The van der Waals surface area contributed by atoms with Gasteiger partial charge in [-0.15, -0.1) is 0 Å². The van der Waals surface area contributed by atoms with E-state index in [9.17, 15) is 14.4 Å². The summed E-state index contributed by atoms with van der Waals surface area (Å²) >= 11 is 0. The third kappa shape index (κ3) is 5.39. The van der Waals surface area contributed by atoms with Gasteiger partial charge < -0.3 is 18.9 Å². The summed E-state index contributed by atoms with van der Waals surface area (Å²) in [7, 11) is 0. The SMILES string of the molecule is CC(=O)OC[C@H]1O[C@H](C#N)C[C@H](OC(C)=O)[C@@H]1OC(C)=O. The number of esters is 3. The van der Waals surface area contributed by atoms with Crippen molar-refractivity contribution in [2.24, 2.45) is 0 Å². The Labute approximate surface area is 121 Å². The van der Waals surface area contributed by atoms with Crippen molar-refractivity contribution in [3.05, 3.63) is 0 Å². The van der Waals surface area contributed by atoms with E-state index in [4.69, 9.17) is 24.2 Å². The Hall–Kier alpha value is -2.14. The Kier molecular flexibility index (Phi) is 6.11. The van der Waals surface area contributed by atoms with Gasteiger partial charge in [-0.3, -0.25) is 14.4 Å². The molecule has 0 bridgehead atoms. The van der Waals surface area contributed by atoms with E-state index >= 15 is 0 Å². The van der Waals surface area contributed by atoms with Crippen molar-refractivity contribution in [1.29, 1.82) is 5.26 Å². The molecule has 0 aromatic heterocycles. The molecule has 0 aliphatic carbocycles. The van der Waals surface area contributed by atoms with Gasteiger partial charge in [0.1, 0.15) is 24.9 Å². The summed E-state index contributed by atoms with van der Waals surface area (Å²) in [5.74, 6) is -1.70. The van der Waals surface area contributed by atoms with Crippen molar-refractivity contribution < 1.29 is 33.3 Å². The zero-order valence-electron chi connectivity index (χ0n) is 12.0. The van der Waals surface area contributed by atoms with Gasteiger partial charge in [-0.1, -0.05) is 0 Å². The molecule has 0 spiro atoms. The van der Waals surface area contributed by atoms with Gasteiger partial charge in [-0.05, 0) is 0 Å². The topological polar surface area (TPSA) is 112 Å². The van der Waals surface area contributed by atoms with Crippen LogP contribution in [0.4, 0.5) is 0 Å². The standard InChI is InChI=1S/C13H17NO7/c1-7(15)18-6-12-13(20-9(3)17)11(19-8(2)16)4-10(5-14)21-12/h10-13H,4,6H2,1-3H3/t10-,11-,12+,13-/m0/s1. The molecule has 1 heterocycles. The maximum Gasteiger partial charge on any atom is 0.303 e. The summed E-state index contributed by atoms with van der Waals surface area (Å²) in [4.78, 5) is 33.2. The van der Waals surface area contributed by atoms with Gasteiger partial charge in [-0.2, -0.15) is 5.26 Å². The zero-order chi connectivity index (χ0) is 16.0. The number of ether oxygens (including phenoxy) is 4. The summed E-state index contributed by atoms with van der Waals surface area (Å²) in [5.41, 5.74) is 0. The van der Waals surface area contributed by atoms with E-state index in [-0.39, 0.29) is 13.0 Å². The lowest BCUT2D eigenvalue weighted by Crippen LogP contribution is -2.53. The van der Waals surface area contributed by atoms with E-state index < -0.39 is 42.3 Å². The van der Waals surface area contributed by atoms with Crippen LogP contribution in [0.25, 0.3) is 0 Å². The van der Waals surface area contributed by atoms with Crippen molar-refractivity contribution in [3.63, 3.8) is 0 Å². The lowest BCUT2D eigenvalue weighted by molar-refractivity contribution is -0.208. The van der Waals surface area contributed by atoms with Crippen LogP contribution in [-0.2, 0) is 33.3 Å². The second-order valence-corrected chi connectivity index (χ2v) is 4.55. The van der Waals surface area contributed by atoms with Crippen LogP contribution in [0, 0.1) is 11.3 Å². The predicted octanol–water partition coefficient (Wildman–Crippen LogP) is 0.0940. The summed E-state index contributed by atoms with van der Waals surface area (Å²) < 4.78 is 20.4. The van der Waals surface area contributed by atoms with E-state index in [1.54, 1.807) is 0 Å². The highest BCUT2D eigenvalue weighted by molar-refractivity contribution is 5.67. The van der Waals surface area contributed by atoms with Crippen LogP contribution < -0.4 is 0 Å². The molecule has 0 N–H and O–H groups in total. The highest BCUT2D eigenvalue weighted by atomic mass is 16.6. The first-order valence-electron chi connectivity index (χ1n) is 6.36. The fourth-order valence-corrected chi connectivity index (χ4v) is 2.02. The molecule has 0 aromatic rings. The Morgan fingerprint density at radius 1 is 1.14 bits per heavy atom. The molecule has 1 saturated heterocycles. The van der Waals surface area contributed by atoms with Gasteiger partial charge in [-0.25, -0.2) is 0 Å².